The number of aromatic amines is 1. The van der Waals surface area contributed by atoms with Crippen LogP contribution in [0.5, 0.6) is 5.88 Å². The molecule has 0 aliphatic carbocycles. The van der Waals surface area contributed by atoms with Crippen LogP contribution in [0.25, 0.3) is 11.4 Å². The molecule has 0 bridgehead atoms. The number of anilines is 1. The number of piperidine rings is 1. The summed E-state index contributed by atoms with van der Waals surface area (Å²) in [5.41, 5.74) is 3.95. The number of rotatable bonds is 6. The van der Waals surface area contributed by atoms with E-state index in [4.69, 9.17) is 14.2 Å². The first-order valence-corrected chi connectivity index (χ1v) is 13.4. The molecule has 15 nitrogen and oxygen atoms in total. The van der Waals surface area contributed by atoms with E-state index in [1.807, 2.05) is 0 Å². The van der Waals surface area contributed by atoms with Crippen molar-refractivity contribution in [1.29, 1.82) is 0 Å². The van der Waals surface area contributed by atoms with Crippen LogP contribution in [0.15, 0.2) is 33.7 Å². The average Bonchev–Trinajstić information content (AvgIpc) is 3.29. The Hall–Kier alpha value is -4.39. The number of nitrogens with zero attached hydrogens (tertiary/aromatic N) is 6. The molecule has 2 aliphatic rings. The Morgan fingerprint density at radius 3 is 2.69 bits per heavy atom. The van der Waals surface area contributed by atoms with E-state index in [-0.39, 0.29) is 47.9 Å². The van der Waals surface area contributed by atoms with Crippen LogP contribution < -0.4 is 15.0 Å². The number of hydrogen-bond donors (Lipinski definition) is 2. The van der Waals surface area contributed by atoms with Gasteiger partial charge in [0.1, 0.15) is 5.60 Å². The highest BCUT2D eigenvalue weighted by atomic mass is 32.2. The molecule has 208 valence electrons. The van der Waals surface area contributed by atoms with E-state index in [1.165, 1.54) is 25.2 Å². The van der Waals surface area contributed by atoms with Gasteiger partial charge in [0.05, 0.1) is 31.9 Å². The quantitative estimate of drug-likeness (QED) is 0.487. The first-order chi connectivity index (χ1) is 18.4. The Balaban J connectivity index is 1.74. The number of likely N-dealkylation sites (tertiary alicyclic amines) is 1. The number of nitrogens with one attached hydrogen (secondary N) is 2. The third-order valence-electron chi connectivity index (χ3n) is 5.61. The van der Waals surface area contributed by atoms with Crippen molar-refractivity contribution in [2.45, 2.75) is 44.5 Å². The van der Waals surface area contributed by atoms with E-state index in [0.717, 1.165) is 10.9 Å². The summed E-state index contributed by atoms with van der Waals surface area (Å²) in [4.78, 5) is 37.5. The Kier molecular flexibility index (Phi) is 7.63. The second kappa shape index (κ2) is 10.8. The molecule has 2 aliphatic heterocycles. The Morgan fingerprint density at radius 2 is 2.00 bits per heavy atom. The lowest BCUT2D eigenvalue weighted by Gasteiger charge is -2.33. The fourth-order valence-electron chi connectivity index (χ4n) is 3.88. The van der Waals surface area contributed by atoms with Crippen LogP contribution in [0, 0.1) is 0 Å². The number of H-pyrrole nitrogens is 1. The van der Waals surface area contributed by atoms with Crippen molar-refractivity contribution in [2.75, 3.05) is 32.0 Å². The highest BCUT2D eigenvalue weighted by molar-refractivity contribution is 7.93. The second-order valence-corrected chi connectivity index (χ2v) is 11.5. The largest absolute Gasteiger partial charge is 0.481 e. The normalized spacial score (nSPS) is 17.4. The predicted octanol–water partition coefficient (Wildman–Crippen LogP) is 1.21. The number of aromatic nitrogens is 5. The van der Waals surface area contributed by atoms with Gasteiger partial charge in [0.2, 0.25) is 27.7 Å². The summed E-state index contributed by atoms with van der Waals surface area (Å²) in [6.45, 7) is 5.46. The van der Waals surface area contributed by atoms with E-state index in [9.17, 15) is 18.0 Å². The van der Waals surface area contributed by atoms with Gasteiger partial charge in [-0.2, -0.15) is 0 Å². The van der Waals surface area contributed by atoms with Crippen molar-refractivity contribution in [2.24, 2.45) is 4.99 Å². The maximum Gasteiger partial charge on any atom is 0.410 e. The fourth-order valence-corrected chi connectivity index (χ4v) is 5.29. The smallest absolute Gasteiger partial charge is 0.410 e. The molecule has 4 heterocycles. The molecule has 2 aromatic rings. The SMILES string of the molecule is COC1=NC(c2nnc(NS(=O)(=O)[C@H]3CCCN(C(=O)OC(C)(C)C)C3)n2-c2c(OC)nc[nH]c2=O)=C=C=C1. The topological polar surface area (TPSA) is 183 Å². The van der Waals surface area contributed by atoms with Gasteiger partial charge in [-0.1, -0.05) is 5.73 Å². The van der Waals surface area contributed by atoms with Gasteiger partial charge >= 0.3 is 6.09 Å². The van der Waals surface area contributed by atoms with Crippen LogP contribution in [0.4, 0.5) is 10.7 Å². The number of methoxy groups -OCH3 is 2. The molecule has 0 radical (unpaired) electrons. The molecule has 0 aromatic carbocycles. The number of hydrogen-bond acceptors (Lipinski definition) is 11. The van der Waals surface area contributed by atoms with E-state index < -0.39 is 32.5 Å². The third-order valence-corrected chi connectivity index (χ3v) is 7.34. The molecule has 2 aromatic heterocycles. The molecule has 0 saturated carbocycles. The number of ether oxygens (including phenoxy) is 3. The van der Waals surface area contributed by atoms with E-state index >= 15 is 0 Å². The summed E-state index contributed by atoms with van der Waals surface area (Å²) < 4.78 is 46.4. The fraction of sp³-hybridized carbons (Fsp3) is 0.478. The molecule has 0 spiro atoms. The molecule has 1 saturated heterocycles. The third kappa shape index (κ3) is 6.03. The maximum absolute atomic E-state index is 13.5. The zero-order chi connectivity index (χ0) is 28.4. The summed E-state index contributed by atoms with van der Waals surface area (Å²) in [7, 11) is -1.44. The number of amides is 1. The Bertz CT molecular complexity index is 1570. The van der Waals surface area contributed by atoms with Crippen LogP contribution in [0.2, 0.25) is 0 Å². The highest BCUT2D eigenvalue weighted by Crippen LogP contribution is 2.28. The van der Waals surface area contributed by atoms with Gasteiger partial charge in [-0.05, 0) is 39.3 Å². The molecule has 1 amide bonds. The van der Waals surface area contributed by atoms with Gasteiger partial charge in [-0.3, -0.25) is 9.52 Å². The Morgan fingerprint density at radius 1 is 1.23 bits per heavy atom. The lowest BCUT2D eigenvalue weighted by Crippen LogP contribution is -2.48. The second-order valence-electron chi connectivity index (χ2n) is 9.53. The van der Waals surface area contributed by atoms with Gasteiger partial charge in [0, 0.05) is 13.1 Å². The first-order valence-electron chi connectivity index (χ1n) is 11.9. The standard InChI is InChI=1S/C23H28N8O7S/c1-23(2,3)38-22(33)30-11-7-8-14(12-30)39(34,35)29-21-28-27-18(15-9-6-10-16(26-15)36-4)31(21)17-19(32)24-13-25-20(17)37-5/h10,13-14H,7-8,11-12H2,1-5H3,(H,28,29)(H,24,25,32)/t14-/m0/s1. The molecular weight excluding hydrogens is 532 g/mol. The molecule has 2 N–H and O–H groups in total. The molecular formula is C23H28N8O7S. The van der Waals surface area contributed by atoms with Crippen molar-refractivity contribution in [3.8, 4) is 11.6 Å². The van der Waals surface area contributed by atoms with Crippen LogP contribution in [0.1, 0.15) is 39.4 Å². The predicted molar refractivity (Wildman–Crippen MR) is 139 cm³/mol. The number of carbonyl (C=O) groups is 1. The van der Waals surface area contributed by atoms with Crippen molar-refractivity contribution in [3.05, 3.63) is 40.0 Å². The maximum atomic E-state index is 13.5. The van der Waals surface area contributed by atoms with Gasteiger partial charge in [0.25, 0.3) is 5.56 Å². The van der Waals surface area contributed by atoms with E-state index in [2.05, 4.69) is 41.3 Å². The zero-order valence-electron chi connectivity index (χ0n) is 22.0. The molecule has 16 heteroatoms. The monoisotopic (exact) mass is 560 g/mol. The summed E-state index contributed by atoms with van der Waals surface area (Å²) in [5, 5.41) is 7.06. The number of aliphatic imine (C=N–C) groups is 1. The van der Waals surface area contributed by atoms with Crippen LogP contribution in [-0.2, 0) is 19.5 Å². The van der Waals surface area contributed by atoms with Crippen LogP contribution >= 0.6 is 0 Å². The minimum atomic E-state index is -4.15. The first kappa shape index (κ1) is 27.6. The number of sulfonamides is 1. The minimum Gasteiger partial charge on any atom is -0.481 e. The Labute approximate surface area is 224 Å². The van der Waals surface area contributed by atoms with Crippen LogP contribution in [0.3, 0.4) is 0 Å². The van der Waals surface area contributed by atoms with Gasteiger partial charge in [-0.25, -0.2) is 27.8 Å². The lowest BCUT2D eigenvalue weighted by molar-refractivity contribution is 0.0219. The molecule has 39 heavy (non-hydrogen) atoms. The summed E-state index contributed by atoms with van der Waals surface area (Å²) in [6, 6.07) is 0. The van der Waals surface area contributed by atoms with Crippen LogP contribution in [-0.4, -0.2) is 88.2 Å². The summed E-state index contributed by atoms with van der Waals surface area (Å²) in [5.74, 6) is -0.328. The zero-order valence-corrected chi connectivity index (χ0v) is 22.8. The van der Waals surface area contributed by atoms with Gasteiger partial charge in [-0.15, -0.1) is 10.2 Å². The van der Waals surface area contributed by atoms with Crippen molar-refractivity contribution in [1.82, 2.24) is 29.6 Å². The van der Waals surface area contributed by atoms with Gasteiger partial charge in [0.15, 0.2) is 17.2 Å². The van der Waals surface area contributed by atoms with Gasteiger partial charge < -0.3 is 24.1 Å². The highest BCUT2D eigenvalue weighted by Gasteiger charge is 2.36. The summed E-state index contributed by atoms with van der Waals surface area (Å²) in [6.07, 6.45) is 2.69. The lowest BCUT2D eigenvalue weighted by atomic mass is 10.1. The molecule has 1 atom stereocenters. The van der Waals surface area contributed by atoms with E-state index in [1.54, 1.807) is 20.8 Å². The molecule has 1 fully saturated rings. The minimum absolute atomic E-state index is 0.0568. The van der Waals surface area contributed by atoms with Crippen molar-refractivity contribution < 1.29 is 27.4 Å². The average molecular weight is 561 g/mol. The number of carbonyl (C=O) groups excluding carboxylic acids is 1. The van der Waals surface area contributed by atoms with Crippen molar-refractivity contribution >= 4 is 33.7 Å². The van der Waals surface area contributed by atoms with Crippen molar-refractivity contribution in [3.63, 3.8) is 0 Å². The van der Waals surface area contributed by atoms with E-state index in [0.29, 0.717) is 13.0 Å². The molecule has 0 unspecified atom stereocenters. The summed E-state index contributed by atoms with van der Waals surface area (Å²) >= 11 is 0. The molecule has 4 rings (SSSR count).